The zero-order valence-corrected chi connectivity index (χ0v) is 18.2. The van der Waals surface area contributed by atoms with E-state index in [1.165, 1.54) is 7.11 Å². The molecular weight excluding hydrogens is 414 g/mol. The van der Waals surface area contributed by atoms with Crippen LogP contribution in [-0.2, 0) is 29.1 Å². The van der Waals surface area contributed by atoms with Crippen molar-refractivity contribution in [2.24, 2.45) is 0 Å². The maximum absolute atomic E-state index is 12.8. The molecule has 1 N–H and O–H groups in total. The average Bonchev–Trinajstić information content (AvgIpc) is 2.77. The van der Waals surface area contributed by atoms with Crippen LogP contribution in [0.3, 0.4) is 0 Å². The third kappa shape index (κ3) is 6.59. The number of benzene rings is 3. The van der Waals surface area contributed by atoms with Crippen molar-refractivity contribution in [3.63, 3.8) is 0 Å². The maximum atomic E-state index is 12.8. The number of amides is 1. The average molecular weight is 438 g/mol. The number of ether oxygens (including phenoxy) is 2. The Balaban J connectivity index is 1.63. The van der Waals surface area contributed by atoms with Crippen molar-refractivity contribution in [1.29, 1.82) is 0 Å². The highest BCUT2D eigenvalue weighted by Gasteiger charge is 2.11. The van der Waals surface area contributed by atoms with Crippen LogP contribution in [0.5, 0.6) is 5.75 Å². The van der Waals surface area contributed by atoms with Gasteiger partial charge in [0.25, 0.3) is 5.91 Å². The fraction of sp³-hybridized carbons (Fsp3) is 0.200. The maximum Gasteiger partial charge on any atom is 0.309 e. The first kappa shape index (κ1) is 22.4. The van der Waals surface area contributed by atoms with E-state index >= 15 is 0 Å². The summed E-state index contributed by atoms with van der Waals surface area (Å²) in [6, 6.07) is 20.4. The van der Waals surface area contributed by atoms with E-state index in [0.29, 0.717) is 29.5 Å². The third-order valence-electron chi connectivity index (χ3n) is 4.77. The molecule has 160 valence electrons. The third-order valence-corrected chi connectivity index (χ3v) is 5.00. The monoisotopic (exact) mass is 437 g/mol. The van der Waals surface area contributed by atoms with Gasteiger partial charge in [0.15, 0.2) is 0 Å². The van der Waals surface area contributed by atoms with Gasteiger partial charge in [-0.3, -0.25) is 9.59 Å². The quantitative estimate of drug-likeness (QED) is 0.510. The second kappa shape index (κ2) is 10.6. The molecule has 0 saturated carbocycles. The number of methoxy groups -OCH3 is 1. The van der Waals surface area contributed by atoms with Gasteiger partial charge >= 0.3 is 5.97 Å². The second-order valence-corrected chi connectivity index (χ2v) is 7.59. The Hall–Kier alpha value is -3.31. The van der Waals surface area contributed by atoms with Gasteiger partial charge < -0.3 is 14.8 Å². The molecule has 0 aliphatic heterocycles. The van der Waals surface area contributed by atoms with Gasteiger partial charge in [-0.05, 0) is 53.4 Å². The van der Waals surface area contributed by atoms with Gasteiger partial charge in [-0.1, -0.05) is 54.1 Å². The molecule has 0 bridgehead atoms. The van der Waals surface area contributed by atoms with Crippen LogP contribution in [0.25, 0.3) is 0 Å². The minimum absolute atomic E-state index is 0.191. The van der Waals surface area contributed by atoms with Crippen molar-refractivity contribution >= 4 is 23.5 Å². The van der Waals surface area contributed by atoms with Crippen LogP contribution in [0.1, 0.15) is 32.6 Å². The molecule has 0 aliphatic carbocycles. The predicted octanol–water partition coefficient (Wildman–Crippen LogP) is 4.87. The topological polar surface area (TPSA) is 64.6 Å². The van der Waals surface area contributed by atoms with Gasteiger partial charge in [0, 0.05) is 17.1 Å². The first-order valence-corrected chi connectivity index (χ1v) is 10.2. The molecule has 5 nitrogen and oxygen atoms in total. The zero-order valence-electron chi connectivity index (χ0n) is 17.5. The molecule has 31 heavy (non-hydrogen) atoms. The first-order valence-electron chi connectivity index (χ1n) is 9.85. The van der Waals surface area contributed by atoms with Crippen molar-refractivity contribution in [1.82, 2.24) is 5.32 Å². The Bertz CT molecular complexity index is 1080. The summed E-state index contributed by atoms with van der Waals surface area (Å²) in [6.07, 6.45) is 0.198. The molecule has 3 aromatic carbocycles. The summed E-state index contributed by atoms with van der Waals surface area (Å²) >= 11 is 6.01. The van der Waals surface area contributed by atoms with E-state index in [-0.39, 0.29) is 18.3 Å². The van der Waals surface area contributed by atoms with E-state index in [9.17, 15) is 9.59 Å². The number of nitrogens with one attached hydrogen (secondary N) is 1. The molecule has 3 aromatic rings. The lowest BCUT2D eigenvalue weighted by molar-refractivity contribution is -0.139. The number of hydrogen-bond acceptors (Lipinski definition) is 4. The van der Waals surface area contributed by atoms with Crippen LogP contribution in [-0.4, -0.2) is 19.0 Å². The van der Waals surface area contributed by atoms with Gasteiger partial charge in [0.1, 0.15) is 12.4 Å². The van der Waals surface area contributed by atoms with E-state index in [1.54, 1.807) is 6.07 Å². The molecule has 0 atom stereocenters. The van der Waals surface area contributed by atoms with Crippen LogP contribution in [0, 0.1) is 6.92 Å². The van der Waals surface area contributed by atoms with Crippen LogP contribution >= 0.6 is 11.6 Å². The van der Waals surface area contributed by atoms with Crippen molar-refractivity contribution < 1.29 is 19.1 Å². The molecule has 0 fully saturated rings. The van der Waals surface area contributed by atoms with Crippen LogP contribution < -0.4 is 10.1 Å². The number of aryl methyl sites for hydroxylation is 1. The summed E-state index contributed by atoms with van der Waals surface area (Å²) in [5.74, 6) is 0.117. The van der Waals surface area contributed by atoms with E-state index < -0.39 is 0 Å². The first-order chi connectivity index (χ1) is 14.9. The van der Waals surface area contributed by atoms with Gasteiger partial charge in [-0.15, -0.1) is 0 Å². The van der Waals surface area contributed by atoms with Crippen molar-refractivity contribution in [2.45, 2.75) is 26.5 Å². The van der Waals surface area contributed by atoms with E-state index in [4.69, 9.17) is 21.1 Å². The summed E-state index contributed by atoms with van der Waals surface area (Å²) in [5.41, 5.74) is 4.10. The highest BCUT2D eigenvalue weighted by Crippen LogP contribution is 2.20. The molecule has 0 saturated heterocycles. The second-order valence-electron chi connectivity index (χ2n) is 7.15. The Morgan fingerprint density at radius 1 is 0.935 bits per heavy atom. The lowest BCUT2D eigenvalue weighted by Gasteiger charge is -2.12. The Kier molecular flexibility index (Phi) is 7.68. The number of carbonyl (C=O) groups excluding carboxylic acids is 2. The lowest BCUT2D eigenvalue weighted by Crippen LogP contribution is -2.23. The molecule has 6 heteroatoms. The minimum atomic E-state index is -0.300. The fourth-order valence-electron chi connectivity index (χ4n) is 3.09. The van der Waals surface area contributed by atoms with Gasteiger partial charge in [0.05, 0.1) is 13.5 Å². The molecule has 0 radical (unpaired) electrons. The normalized spacial score (nSPS) is 10.4. The summed E-state index contributed by atoms with van der Waals surface area (Å²) < 4.78 is 10.5. The largest absolute Gasteiger partial charge is 0.489 e. The zero-order chi connectivity index (χ0) is 22.2. The summed E-state index contributed by atoms with van der Waals surface area (Å²) in [7, 11) is 1.36. The van der Waals surface area contributed by atoms with E-state index in [0.717, 1.165) is 22.3 Å². The Morgan fingerprint density at radius 2 is 1.68 bits per heavy atom. The number of rotatable bonds is 8. The van der Waals surface area contributed by atoms with E-state index in [2.05, 4.69) is 5.32 Å². The fourth-order valence-corrected chi connectivity index (χ4v) is 3.31. The van der Waals surface area contributed by atoms with Gasteiger partial charge in [-0.2, -0.15) is 0 Å². The number of esters is 1. The highest BCUT2D eigenvalue weighted by molar-refractivity contribution is 6.30. The number of carbonyl (C=O) groups is 2. The van der Waals surface area contributed by atoms with Crippen LogP contribution in [0.15, 0.2) is 66.7 Å². The molecule has 0 spiro atoms. The van der Waals surface area contributed by atoms with E-state index in [1.807, 2.05) is 67.6 Å². The molecule has 1 amide bonds. The summed E-state index contributed by atoms with van der Waals surface area (Å²) in [4.78, 5) is 24.2. The van der Waals surface area contributed by atoms with Crippen molar-refractivity contribution in [2.75, 3.05) is 7.11 Å². The standard InChI is InChI=1S/C25H24ClNO4/c1-17-9-10-22(31-16-20-7-4-8-21(26)12-20)14-23(17)25(29)27-15-19-6-3-5-18(11-19)13-24(28)30-2/h3-12,14H,13,15-16H2,1-2H3,(H,27,29). The molecular formula is C25H24ClNO4. The molecule has 0 aromatic heterocycles. The number of hydrogen-bond donors (Lipinski definition) is 1. The Morgan fingerprint density at radius 3 is 2.45 bits per heavy atom. The smallest absolute Gasteiger partial charge is 0.309 e. The van der Waals surface area contributed by atoms with Crippen LogP contribution in [0.4, 0.5) is 0 Å². The molecule has 0 aliphatic rings. The molecule has 3 rings (SSSR count). The molecule has 0 heterocycles. The SMILES string of the molecule is COC(=O)Cc1cccc(CNC(=O)c2cc(OCc3cccc(Cl)c3)ccc2C)c1. The van der Waals surface area contributed by atoms with Crippen molar-refractivity contribution in [3.05, 3.63) is 99.6 Å². The molecule has 0 unspecified atom stereocenters. The number of halogens is 1. The predicted molar refractivity (Wildman–Crippen MR) is 120 cm³/mol. The van der Waals surface area contributed by atoms with Crippen LogP contribution in [0.2, 0.25) is 5.02 Å². The highest BCUT2D eigenvalue weighted by atomic mass is 35.5. The van der Waals surface area contributed by atoms with Gasteiger partial charge in [0.2, 0.25) is 0 Å². The lowest BCUT2D eigenvalue weighted by atomic mass is 10.1. The minimum Gasteiger partial charge on any atom is -0.489 e. The Labute approximate surface area is 187 Å². The summed E-state index contributed by atoms with van der Waals surface area (Å²) in [5, 5.41) is 3.58. The van der Waals surface area contributed by atoms with Gasteiger partial charge in [-0.25, -0.2) is 0 Å². The van der Waals surface area contributed by atoms with Crippen molar-refractivity contribution in [3.8, 4) is 5.75 Å². The summed E-state index contributed by atoms with van der Waals surface area (Å²) in [6.45, 7) is 2.59.